The van der Waals surface area contributed by atoms with Crippen LogP contribution in [-0.4, -0.2) is 76.8 Å². The Kier molecular flexibility index (Phi) is 3.71. The van der Waals surface area contributed by atoms with Gasteiger partial charge in [-0.25, -0.2) is 0 Å². The van der Waals surface area contributed by atoms with Crippen LogP contribution in [0.3, 0.4) is 0 Å². The van der Waals surface area contributed by atoms with Gasteiger partial charge in [-0.15, -0.1) is 0 Å². The van der Waals surface area contributed by atoms with E-state index in [0.29, 0.717) is 11.6 Å². The van der Waals surface area contributed by atoms with Crippen LogP contribution in [0.5, 0.6) is 0 Å². The Morgan fingerprint density at radius 1 is 1.00 bits per heavy atom. The summed E-state index contributed by atoms with van der Waals surface area (Å²) in [6.45, 7) is 7.92. The molecule has 1 aromatic rings. The first-order chi connectivity index (χ1) is 11.7. The van der Waals surface area contributed by atoms with Crippen molar-refractivity contribution in [3.8, 4) is 0 Å². The van der Waals surface area contributed by atoms with Crippen molar-refractivity contribution >= 4 is 0 Å². The Bertz CT molecular complexity index is 582. The van der Waals surface area contributed by atoms with Crippen LogP contribution < -0.4 is 0 Å². The average molecular weight is 327 g/mol. The van der Waals surface area contributed by atoms with E-state index in [0.717, 1.165) is 38.5 Å². The van der Waals surface area contributed by atoms with Crippen molar-refractivity contribution in [2.45, 2.75) is 43.5 Å². The van der Waals surface area contributed by atoms with Gasteiger partial charge < -0.3 is 5.11 Å². The molecule has 3 aliphatic heterocycles. The van der Waals surface area contributed by atoms with E-state index in [4.69, 9.17) is 0 Å². The van der Waals surface area contributed by atoms with Gasteiger partial charge in [0.15, 0.2) is 0 Å². The third kappa shape index (κ3) is 2.80. The van der Waals surface area contributed by atoms with E-state index >= 15 is 0 Å². The SMILES string of the molecule is O[C@@H]1C[C@@H]2CN(Cc3ccccc3)CC3(CN(CC4CC4)C3)N2C1. The highest BCUT2D eigenvalue weighted by atomic mass is 16.3. The summed E-state index contributed by atoms with van der Waals surface area (Å²) in [7, 11) is 0. The molecule has 4 aliphatic rings. The lowest BCUT2D eigenvalue weighted by atomic mass is 9.83. The maximum atomic E-state index is 10.2. The zero-order valence-corrected chi connectivity index (χ0v) is 14.5. The van der Waals surface area contributed by atoms with Crippen LogP contribution in [-0.2, 0) is 6.54 Å². The number of aliphatic hydroxyl groups excluding tert-OH is 1. The molecule has 0 amide bonds. The van der Waals surface area contributed by atoms with Crippen LogP contribution >= 0.6 is 0 Å². The van der Waals surface area contributed by atoms with Crippen molar-refractivity contribution in [3.63, 3.8) is 0 Å². The molecule has 1 spiro atoms. The van der Waals surface area contributed by atoms with Crippen molar-refractivity contribution in [1.82, 2.24) is 14.7 Å². The van der Waals surface area contributed by atoms with Gasteiger partial charge >= 0.3 is 0 Å². The molecular formula is C20H29N3O. The molecule has 0 aromatic heterocycles. The Morgan fingerprint density at radius 2 is 1.75 bits per heavy atom. The maximum Gasteiger partial charge on any atom is 0.0682 e. The molecule has 0 radical (unpaired) electrons. The Balaban J connectivity index is 1.30. The Morgan fingerprint density at radius 3 is 2.50 bits per heavy atom. The fourth-order valence-electron chi connectivity index (χ4n) is 5.34. The zero-order chi connectivity index (χ0) is 16.1. The minimum absolute atomic E-state index is 0.124. The summed E-state index contributed by atoms with van der Waals surface area (Å²) in [5.74, 6) is 0.978. The lowest BCUT2D eigenvalue weighted by molar-refractivity contribution is -0.116. The van der Waals surface area contributed by atoms with E-state index in [1.54, 1.807) is 0 Å². The largest absolute Gasteiger partial charge is 0.392 e. The summed E-state index contributed by atoms with van der Waals surface area (Å²) in [4.78, 5) is 7.97. The van der Waals surface area contributed by atoms with Crippen molar-refractivity contribution in [1.29, 1.82) is 0 Å². The second-order valence-electron chi connectivity index (χ2n) is 8.69. The standard InChI is InChI=1S/C20H29N3O/c24-19-8-18-11-21(9-16-4-2-1-3-5-16)13-20(23(18)12-19)14-22(15-20)10-17-6-7-17/h1-5,17-19,24H,6-15H2/t18-,19-/m1/s1. The van der Waals surface area contributed by atoms with Gasteiger partial charge in [-0.05, 0) is 30.7 Å². The van der Waals surface area contributed by atoms with E-state index in [9.17, 15) is 5.11 Å². The van der Waals surface area contributed by atoms with Gasteiger partial charge in [0.2, 0.25) is 0 Å². The highest BCUT2D eigenvalue weighted by molar-refractivity contribution is 5.17. The summed E-state index contributed by atoms with van der Waals surface area (Å²) in [5, 5.41) is 10.2. The van der Waals surface area contributed by atoms with E-state index in [1.807, 2.05) is 0 Å². The predicted molar refractivity (Wildman–Crippen MR) is 94.7 cm³/mol. The van der Waals surface area contributed by atoms with Crippen molar-refractivity contribution < 1.29 is 5.11 Å². The number of benzene rings is 1. The lowest BCUT2D eigenvalue weighted by Crippen LogP contribution is -2.78. The number of rotatable bonds is 4. The molecule has 4 nitrogen and oxygen atoms in total. The number of hydrogen-bond donors (Lipinski definition) is 1. The molecule has 1 saturated carbocycles. The topological polar surface area (TPSA) is 30.0 Å². The number of piperazine rings is 1. The first-order valence-corrected chi connectivity index (χ1v) is 9.64. The fourth-order valence-corrected chi connectivity index (χ4v) is 5.34. The second-order valence-corrected chi connectivity index (χ2v) is 8.69. The summed E-state index contributed by atoms with van der Waals surface area (Å²) < 4.78 is 0. The molecule has 0 unspecified atom stereocenters. The van der Waals surface area contributed by atoms with E-state index < -0.39 is 0 Å². The van der Waals surface area contributed by atoms with E-state index in [2.05, 4.69) is 45.0 Å². The number of aliphatic hydroxyl groups is 1. The number of β-amino-alcohol motifs (C(OH)–C–C–N with tert-alkyl or cyclic N) is 1. The average Bonchev–Trinajstić information content (AvgIpc) is 3.26. The van der Waals surface area contributed by atoms with Gasteiger partial charge in [-0.2, -0.15) is 0 Å². The molecule has 3 heterocycles. The fraction of sp³-hybridized carbons (Fsp3) is 0.700. The van der Waals surface area contributed by atoms with Crippen LogP contribution in [0.25, 0.3) is 0 Å². The molecule has 4 fully saturated rings. The minimum atomic E-state index is -0.124. The Labute approximate surface area is 145 Å². The first kappa shape index (κ1) is 15.3. The van der Waals surface area contributed by atoms with Gasteiger partial charge in [0.05, 0.1) is 11.6 Å². The number of hydrogen-bond acceptors (Lipinski definition) is 4. The second kappa shape index (κ2) is 5.80. The van der Waals surface area contributed by atoms with Crippen LogP contribution in [0.15, 0.2) is 30.3 Å². The van der Waals surface area contributed by atoms with Crippen molar-refractivity contribution in [2.24, 2.45) is 5.92 Å². The number of nitrogens with zero attached hydrogens (tertiary/aromatic N) is 3. The van der Waals surface area contributed by atoms with Crippen LogP contribution in [0.4, 0.5) is 0 Å². The lowest BCUT2D eigenvalue weighted by Gasteiger charge is -2.61. The van der Waals surface area contributed by atoms with Gasteiger partial charge in [0.1, 0.15) is 0 Å². The summed E-state index contributed by atoms with van der Waals surface area (Å²) >= 11 is 0. The Hall–Kier alpha value is -0.940. The number of fused-ring (bicyclic) bond motifs is 2. The molecule has 2 atom stereocenters. The van der Waals surface area contributed by atoms with Crippen molar-refractivity contribution in [2.75, 3.05) is 39.3 Å². The molecule has 1 N–H and O–H groups in total. The monoisotopic (exact) mass is 327 g/mol. The van der Waals surface area contributed by atoms with Gasteiger partial charge in [0, 0.05) is 51.9 Å². The zero-order valence-electron chi connectivity index (χ0n) is 14.5. The highest BCUT2D eigenvalue weighted by Crippen LogP contribution is 2.41. The molecule has 0 bridgehead atoms. The van der Waals surface area contributed by atoms with Crippen LogP contribution in [0, 0.1) is 5.92 Å². The number of likely N-dealkylation sites (tertiary alicyclic amines) is 1. The third-order valence-electron chi connectivity index (χ3n) is 6.49. The highest BCUT2D eigenvalue weighted by Gasteiger charge is 2.56. The summed E-state index contributed by atoms with van der Waals surface area (Å²) in [6.07, 6.45) is 3.71. The maximum absolute atomic E-state index is 10.2. The molecule has 5 rings (SSSR count). The normalized spacial score (nSPS) is 33.5. The summed E-state index contributed by atoms with van der Waals surface area (Å²) in [5.41, 5.74) is 1.71. The molecule has 4 heteroatoms. The third-order valence-corrected chi connectivity index (χ3v) is 6.49. The van der Waals surface area contributed by atoms with Gasteiger partial charge in [0.25, 0.3) is 0 Å². The van der Waals surface area contributed by atoms with Crippen LogP contribution in [0.1, 0.15) is 24.8 Å². The van der Waals surface area contributed by atoms with Crippen molar-refractivity contribution in [3.05, 3.63) is 35.9 Å². The first-order valence-electron chi connectivity index (χ1n) is 9.64. The quantitative estimate of drug-likeness (QED) is 0.905. The molecule has 1 aliphatic carbocycles. The van der Waals surface area contributed by atoms with Crippen LogP contribution in [0.2, 0.25) is 0 Å². The minimum Gasteiger partial charge on any atom is -0.392 e. The van der Waals surface area contributed by atoms with E-state index in [1.165, 1.54) is 38.0 Å². The predicted octanol–water partition coefficient (Wildman–Crippen LogP) is 1.40. The molecular weight excluding hydrogens is 298 g/mol. The van der Waals surface area contributed by atoms with Gasteiger partial charge in [-0.1, -0.05) is 30.3 Å². The summed E-state index contributed by atoms with van der Waals surface area (Å²) in [6, 6.07) is 11.4. The van der Waals surface area contributed by atoms with E-state index in [-0.39, 0.29) is 6.10 Å². The molecule has 3 saturated heterocycles. The molecule has 24 heavy (non-hydrogen) atoms. The molecule has 130 valence electrons. The van der Waals surface area contributed by atoms with Gasteiger partial charge in [-0.3, -0.25) is 14.7 Å². The molecule has 1 aromatic carbocycles. The smallest absolute Gasteiger partial charge is 0.0682 e.